The summed E-state index contributed by atoms with van der Waals surface area (Å²) in [5.74, 6) is -1.06. The number of ether oxygens (including phenoxy) is 1. The number of amides is 1. The minimum atomic E-state index is -3.87. The second-order valence-electron chi connectivity index (χ2n) is 5.36. The first kappa shape index (κ1) is 18.0. The average molecular weight is 381 g/mol. The number of anilines is 1. The second kappa shape index (κ2) is 7.23. The lowest BCUT2D eigenvalue weighted by Gasteiger charge is -2.24. The third kappa shape index (κ3) is 3.59. The van der Waals surface area contributed by atoms with Crippen LogP contribution >= 0.6 is 0 Å². The summed E-state index contributed by atoms with van der Waals surface area (Å²) in [6.07, 6.45) is 0. The summed E-state index contributed by atoms with van der Waals surface area (Å²) in [7, 11) is -3.87. The summed E-state index contributed by atoms with van der Waals surface area (Å²) in [6.45, 7) is 0.956. The van der Waals surface area contributed by atoms with E-state index in [0.29, 0.717) is 0 Å². The molecule has 1 N–H and O–H groups in total. The first-order valence-corrected chi connectivity index (χ1v) is 9.06. The van der Waals surface area contributed by atoms with Gasteiger partial charge in [-0.1, -0.05) is 12.1 Å². The molecule has 0 unspecified atom stereocenters. The molecule has 3 rings (SSSR count). The number of nitrogens with zero attached hydrogens (tertiary/aromatic N) is 2. The van der Waals surface area contributed by atoms with Crippen LogP contribution in [0.4, 0.5) is 11.4 Å². The molecule has 1 aromatic heterocycles. The summed E-state index contributed by atoms with van der Waals surface area (Å²) in [4.78, 5) is 22.6. The third-order valence-corrected chi connectivity index (χ3v) is 5.49. The van der Waals surface area contributed by atoms with Crippen LogP contribution in [0.2, 0.25) is 0 Å². The number of benzene rings is 1. The molecule has 10 nitrogen and oxygen atoms in total. The van der Waals surface area contributed by atoms with Crippen LogP contribution in [0.1, 0.15) is 10.6 Å². The van der Waals surface area contributed by atoms with Crippen molar-refractivity contribution in [2.75, 3.05) is 31.6 Å². The number of hydrogen-bond acceptors (Lipinski definition) is 7. The van der Waals surface area contributed by atoms with E-state index in [4.69, 9.17) is 9.15 Å². The molecular formula is C15H15N3O7S. The van der Waals surface area contributed by atoms with Crippen LogP contribution in [0, 0.1) is 10.1 Å². The van der Waals surface area contributed by atoms with Gasteiger partial charge in [-0.3, -0.25) is 14.9 Å². The number of carbonyl (C=O) groups is 1. The van der Waals surface area contributed by atoms with Gasteiger partial charge < -0.3 is 14.5 Å². The molecule has 1 fully saturated rings. The molecule has 0 aliphatic carbocycles. The van der Waals surface area contributed by atoms with Gasteiger partial charge in [0, 0.05) is 19.2 Å². The molecule has 1 saturated heterocycles. The maximum absolute atomic E-state index is 12.5. The molecular weight excluding hydrogens is 366 g/mol. The molecule has 2 aromatic rings. The normalized spacial score (nSPS) is 15.5. The van der Waals surface area contributed by atoms with Crippen LogP contribution in [0.3, 0.4) is 0 Å². The molecule has 0 radical (unpaired) electrons. The van der Waals surface area contributed by atoms with Crippen molar-refractivity contribution in [1.82, 2.24) is 4.31 Å². The highest BCUT2D eigenvalue weighted by molar-refractivity contribution is 7.89. The fourth-order valence-corrected chi connectivity index (χ4v) is 3.74. The lowest BCUT2D eigenvalue weighted by atomic mass is 10.2. The number of morpholine rings is 1. The van der Waals surface area contributed by atoms with E-state index >= 15 is 0 Å². The third-order valence-electron chi connectivity index (χ3n) is 3.72. The van der Waals surface area contributed by atoms with E-state index in [0.717, 1.165) is 0 Å². The van der Waals surface area contributed by atoms with Crippen molar-refractivity contribution < 1.29 is 27.3 Å². The largest absolute Gasteiger partial charge is 0.438 e. The number of nitro benzene ring substituents is 1. The molecule has 0 spiro atoms. The highest BCUT2D eigenvalue weighted by Crippen LogP contribution is 2.25. The van der Waals surface area contributed by atoms with Gasteiger partial charge >= 0.3 is 0 Å². The van der Waals surface area contributed by atoms with Crippen molar-refractivity contribution >= 4 is 27.3 Å². The standard InChI is InChI=1S/C15H15N3O7S/c19-15(16-11-3-1-2-4-12(11)18(20)21)13-5-6-14(25-13)26(22,23)17-7-9-24-10-8-17/h1-6H,7-10H2,(H,16,19). The van der Waals surface area contributed by atoms with Crippen LogP contribution in [-0.2, 0) is 14.8 Å². The van der Waals surface area contributed by atoms with Gasteiger partial charge in [0.15, 0.2) is 5.76 Å². The Bertz CT molecular complexity index is 932. The molecule has 2 heterocycles. The van der Waals surface area contributed by atoms with Gasteiger partial charge in [-0.2, -0.15) is 4.31 Å². The van der Waals surface area contributed by atoms with Gasteiger partial charge in [-0.25, -0.2) is 8.42 Å². The fourth-order valence-electron chi connectivity index (χ4n) is 2.42. The zero-order valence-corrected chi connectivity index (χ0v) is 14.3. The fraction of sp³-hybridized carbons (Fsp3) is 0.267. The zero-order valence-electron chi connectivity index (χ0n) is 13.5. The minimum absolute atomic E-state index is 0.0171. The Hall–Kier alpha value is -2.76. The van der Waals surface area contributed by atoms with Gasteiger partial charge in [0.2, 0.25) is 5.09 Å². The van der Waals surface area contributed by atoms with E-state index < -0.39 is 20.9 Å². The molecule has 1 aliphatic heterocycles. The molecule has 11 heteroatoms. The van der Waals surface area contributed by atoms with Crippen molar-refractivity contribution in [1.29, 1.82) is 0 Å². The lowest BCUT2D eigenvalue weighted by molar-refractivity contribution is -0.383. The smallest absolute Gasteiger partial charge is 0.292 e. The summed E-state index contributed by atoms with van der Waals surface area (Å²) >= 11 is 0. The van der Waals surface area contributed by atoms with Crippen LogP contribution in [-0.4, -0.2) is 49.9 Å². The molecule has 0 bridgehead atoms. The highest BCUT2D eigenvalue weighted by Gasteiger charge is 2.30. The second-order valence-corrected chi connectivity index (χ2v) is 7.23. The molecule has 1 aromatic carbocycles. The Morgan fingerprint density at radius 1 is 1.15 bits per heavy atom. The van der Waals surface area contributed by atoms with Gasteiger partial charge in [-0.05, 0) is 18.2 Å². The molecule has 138 valence electrons. The molecule has 1 aliphatic rings. The van der Waals surface area contributed by atoms with E-state index in [1.807, 2.05) is 0 Å². The Kier molecular flexibility index (Phi) is 5.02. The van der Waals surface area contributed by atoms with Crippen LogP contribution in [0.25, 0.3) is 0 Å². The predicted molar refractivity (Wildman–Crippen MR) is 89.3 cm³/mol. The Morgan fingerprint density at radius 2 is 1.85 bits per heavy atom. The number of para-hydroxylation sites is 2. The van der Waals surface area contributed by atoms with Gasteiger partial charge in [0.05, 0.1) is 18.1 Å². The maximum atomic E-state index is 12.5. The van der Waals surface area contributed by atoms with E-state index in [1.165, 1.54) is 40.7 Å². The summed E-state index contributed by atoms with van der Waals surface area (Å²) in [6, 6.07) is 7.99. The van der Waals surface area contributed by atoms with Crippen molar-refractivity contribution in [2.24, 2.45) is 0 Å². The quantitative estimate of drug-likeness (QED) is 0.612. The minimum Gasteiger partial charge on any atom is -0.438 e. The molecule has 0 saturated carbocycles. The number of nitrogens with one attached hydrogen (secondary N) is 1. The first-order chi connectivity index (χ1) is 12.4. The molecule has 1 amide bonds. The average Bonchev–Trinajstić information content (AvgIpc) is 3.14. The monoisotopic (exact) mass is 381 g/mol. The summed E-state index contributed by atoms with van der Waals surface area (Å²) in [5, 5.41) is 13.0. The number of furan rings is 1. The van der Waals surface area contributed by atoms with Crippen LogP contribution < -0.4 is 5.32 Å². The van der Waals surface area contributed by atoms with Gasteiger partial charge in [0.1, 0.15) is 5.69 Å². The molecule has 26 heavy (non-hydrogen) atoms. The van der Waals surface area contributed by atoms with E-state index in [2.05, 4.69) is 5.32 Å². The molecule has 0 atom stereocenters. The number of nitro groups is 1. The zero-order chi connectivity index (χ0) is 18.7. The predicted octanol–water partition coefficient (Wildman–Crippen LogP) is 1.46. The first-order valence-electron chi connectivity index (χ1n) is 7.62. The Morgan fingerprint density at radius 3 is 2.54 bits per heavy atom. The van der Waals surface area contributed by atoms with E-state index in [1.54, 1.807) is 0 Å². The van der Waals surface area contributed by atoms with Crippen molar-refractivity contribution in [2.45, 2.75) is 5.09 Å². The Labute approximate surface area is 148 Å². The summed E-state index contributed by atoms with van der Waals surface area (Å²) < 4.78 is 36.5. The van der Waals surface area contributed by atoms with E-state index in [-0.39, 0.29) is 48.5 Å². The van der Waals surface area contributed by atoms with Gasteiger partial charge in [0.25, 0.3) is 21.6 Å². The highest BCUT2D eigenvalue weighted by atomic mass is 32.2. The summed E-state index contributed by atoms with van der Waals surface area (Å²) in [5.41, 5.74) is -0.301. The Balaban J connectivity index is 1.79. The number of sulfonamides is 1. The van der Waals surface area contributed by atoms with Gasteiger partial charge in [-0.15, -0.1) is 0 Å². The van der Waals surface area contributed by atoms with Crippen LogP contribution in [0.15, 0.2) is 45.9 Å². The number of hydrogen-bond donors (Lipinski definition) is 1. The SMILES string of the molecule is O=C(Nc1ccccc1[N+](=O)[O-])c1ccc(S(=O)(=O)N2CCOCC2)o1. The van der Waals surface area contributed by atoms with Crippen molar-refractivity contribution in [3.8, 4) is 0 Å². The maximum Gasteiger partial charge on any atom is 0.292 e. The van der Waals surface area contributed by atoms with Crippen molar-refractivity contribution in [3.63, 3.8) is 0 Å². The topological polar surface area (TPSA) is 132 Å². The lowest BCUT2D eigenvalue weighted by Crippen LogP contribution is -2.40. The van der Waals surface area contributed by atoms with E-state index in [9.17, 15) is 23.3 Å². The number of rotatable bonds is 5. The van der Waals surface area contributed by atoms with Crippen molar-refractivity contribution in [3.05, 3.63) is 52.3 Å². The number of carbonyl (C=O) groups excluding carboxylic acids is 1. The van der Waals surface area contributed by atoms with Crippen LogP contribution in [0.5, 0.6) is 0 Å².